The molecule has 2 atom stereocenters. The SMILES string of the molecule is CC(=O)c1cn(CC(=O)N2C[C@H](F)C[C@H]2C(=O)NCc2cccc(Cl)c2F)c2cc(Br)c(F)cc12. The number of benzene rings is 2. The number of fused-ring (bicyclic) bond motifs is 1. The van der Waals surface area contributed by atoms with Crippen molar-refractivity contribution in [1.82, 2.24) is 14.8 Å². The Labute approximate surface area is 212 Å². The zero-order valence-corrected chi connectivity index (χ0v) is 20.8. The molecule has 1 aromatic heterocycles. The summed E-state index contributed by atoms with van der Waals surface area (Å²) in [5, 5.41) is 2.80. The van der Waals surface area contributed by atoms with E-state index in [2.05, 4.69) is 21.2 Å². The van der Waals surface area contributed by atoms with Gasteiger partial charge < -0.3 is 14.8 Å². The van der Waals surface area contributed by atoms with E-state index in [4.69, 9.17) is 11.6 Å². The van der Waals surface area contributed by atoms with Crippen molar-refractivity contribution >= 4 is 56.0 Å². The summed E-state index contributed by atoms with van der Waals surface area (Å²) in [6.07, 6.45) is -0.163. The molecule has 1 N–H and O–H groups in total. The van der Waals surface area contributed by atoms with Crippen LogP contribution in [0.2, 0.25) is 5.02 Å². The number of nitrogens with zero attached hydrogens (tertiary/aromatic N) is 2. The van der Waals surface area contributed by atoms with Crippen LogP contribution in [-0.2, 0) is 22.7 Å². The van der Waals surface area contributed by atoms with E-state index in [-0.39, 0.29) is 52.5 Å². The van der Waals surface area contributed by atoms with Crippen molar-refractivity contribution in [3.8, 4) is 0 Å². The number of Topliss-reactive ketones (excluding diaryl/α,β-unsaturated/α-hetero) is 1. The molecule has 2 amide bonds. The number of halogens is 5. The topological polar surface area (TPSA) is 71.4 Å². The van der Waals surface area contributed by atoms with Crippen LogP contribution in [0.5, 0.6) is 0 Å². The maximum Gasteiger partial charge on any atom is 0.243 e. The summed E-state index contributed by atoms with van der Waals surface area (Å²) in [5.74, 6) is -2.70. The highest BCUT2D eigenvalue weighted by Crippen LogP contribution is 2.29. The smallest absolute Gasteiger partial charge is 0.243 e. The standard InChI is InChI=1S/C24H20BrClF3N3O3/c1-12(33)16-10-31(20-7-17(25)19(28)6-15(16)20)11-22(34)32-9-14(27)5-21(32)24(35)30-8-13-3-2-4-18(26)23(13)29/h2-4,6-7,10,14,21H,5,8-9,11H2,1H3,(H,30,35)/t14-,21+/m1/s1. The number of alkyl halides is 1. The summed E-state index contributed by atoms with van der Waals surface area (Å²) in [7, 11) is 0. The van der Waals surface area contributed by atoms with Gasteiger partial charge in [0.2, 0.25) is 11.8 Å². The number of aromatic nitrogens is 1. The van der Waals surface area contributed by atoms with Gasteiger partial charge in [0.05, 0.1) is 21.6 Å². The van der Waals surface area contributed by atoms with Crippen molar-refractivity contribution < 1.29 is 27.6 Å². The van der Waals surface area contributed by atoms with Gasteiger partial charge in [0.1, 0.15) is 30.4 Å². The van der Waals surface area contributed by atoms with Gasteiger partial charge in [-0.05, 0) is 41.1 Å². The zero-order chi connectivity index (χ0) is 25.4. The fourth-order valence-corrected chi connectivity index (χ4v) is 4.75. The maximum absolute atomic E-state index is 14.3. The first-order valence-corrected chi connectivity index (χ1v) is 11.9. The largest absolute Gasteiger partial charge is 0.350 e. The molecule has 0 bridgehead atoms. The zero-order valence-electron chi connectivity index (χ0n) is 18.5. The molecule has 2 heterocycles. The number of carbonyl (C=O) groups excluding carboxylic acids is 3. The van der Waals surface area contributed by atoms with Crippen LogP contribution < -0.4 is 5.32 Å². The molecule has 184 valence electrons. The second-order valence-electron chi connectivity index (χ2n) is 8.34. The molecule has 0 radical (unpaired) electrons. The number of likely N-dealkylation sites (tertiary alicyclic amines) is 1. The molecule has 2 aromatic carbocycles. The Morgan fingerprint density at radius 3 is 2.69 bits per heavy atom. The van der Waals surface area contributed by atoms with Crippen molar-refractivity contribution in [2.24, 2.45) is 0 Å². The van der Waals surface area contributed by atoms with Crippen LogP contribution in [0.15, 0.2) is 41.0 Å². The number of nitrogens with one attached hydrogen (secondary N) is 1. The molecule has 1 saturated heterocycles. The molecule has 3 aromatic rings. The normalized spacial score (nSPS) is 17.7. The van der Waals surface area contributed by atoms with Crippen molar-refractivity contribution in [1.29, 1.82) is 0 Å². The molecule has 0 saturated carbocycles. The molecule has 11 heteroatoms. The highest BCUT2D eigenvalue weighted by molar-refractivity contribution is 9.10. The van der Waals surface area contributed by atoms with Crippen LogP contribution in [0, 0.1) is 11.6 Å². The number of carbonyl (C=O) groups is 3. The monoisotopic (exact) mass is 569 g/mol. The first-order valence-electron chi connectivity index (χ1n) is 10.7. The Bertz CT molecular complexity index is 1350. The quantitative estimate of drug-likeness (QED) is 0.433. The minimum atomic E-state index is -1.41. The predicted molar refractivity (Wildman–Crippen MR) is 128 cm³/mol. The van der Waals surface area contributed by atoms with Crippen molar-refractivity contribution in [2.75, 3.05) is 6.54 Å². The number of hydrogen-bond donors (Lipinski definition) is 1. The molecule has 0 aliphatic carbocycles. The van der Waals surface area contributed by atoms with Crippen LogP contribution in [-0.4, -0.2) is 45.8 Å². The first-order chi connectivity index (χ1) is 16.6. The Morgan fingerprint density at radius 1 is 1.23 bits per heavy atom. The average Bonchev–Trinajstić information content (AvgIpc) is 3.36. The van der Waals surface area contributed by atoms with E-state index >= 15 is 0 Å². The van der Waals surface area contributed by atoms with Gasteiger partial charge in [-0.3, -0.25) is 14.4 Å². The molecule has 1 aliphatic heterocycles. The van der Waals surface area contributed by atoms with Crippen LogP contribution in [0.4, 0.5) is 13.2 Å². The van der Waals surface area contributed by atoms with E-state index in [0.717, 1.165) is 4.90 Å². The van der Waals surface area contributed by atoms with Crippen molar-refractivity contribution in [3.63, 3.8) is 0 Å². The highest BCUT2D eigenvalue weighted by Gasteiger charge is 2.39. The summed E-state index contributed by atoms with van der Waals surface area (Å²) in [6.45, 7) is 0.587. The highest BCUT2D eigenvalue weighted by atomic mass is 79.9. The first kappa shape index (κ1) is 25.2. The molecule has 1 aliphatic rings. The summed E-state index contributed by atoms with van der Waals surface area (Å²) >= 11 is 8.87. The summed E-state index contributed by atoms with van der Waals surface area (Å²) in [5.41, 5.74) is 0.832. The Morgan fingerprint density at radius 2 is 1.97 bits per heavy atom. The molecule has 4 rings (SSSR count). The molecular formula is C24H20BrClF3N3O3. The van der Waals surface area contributed by atoms with E-state index < -0.39 is 35.7 Å². The van der Waals surface area contributed by atoms with E-state index in [1.54, 1.807) is 0 Å². The lowest BCUT2D eigenvalue weighted by molar-refractivity contribution is -0.139. The van der Waals surface area contributed by atoms with Gasteiger partial charge in [0.25, 0.3) is 0 Å². The number of ketones is 1. The van der Waals surface area contributed by atoms with E-state index in [0.29, 0.717) is 10.9 Å². The molecule has 0 unspecified atom stereocenters. The lowest BCUT2D eigenvalue weighted by atomic mass is 10.1. The maximum atomic E-state index is 14.3. The lowest BCUT2D eigenvalue weighted by Crippen LogP contribution is -2.46. The van der Waals surface area contributed by atoms with E-state index in [9.17, 15) is 27.6 Å². The second kappa shape index (κ2) is 10.0. The third-order valence-corrected chi connectivity index (χ3v) is 6.87. The summed E-state index contributed by atoms with van der Waals surface area (Å²) < 4.78 is 44.1. The van der Waals surface area contributed by atoms with Crippen LogP contribution in [0.1, 0.15) is 29.3 Å². The fraction of sp³-hybridized carbons (Fsp3) is 0.292. The minimum absolute atomic E-state index is 0.0892. The summed E-state index contributed by atoms with van der Waals surface area (Å²) in [6, 6.07) is 5.95. The fourth-order valence-electron chi connectivity index (χ4n) is 4.23. The summed E-state index contributed by atoms with van der Waals surface area (Å²) in [4.78, 5) is 39.1. The predicted octanol–water partition coefficient (Wildman–Crippen LogP) is 4.79. The Hall–Kier alpha value is -2.85. The van der Waals surface area contributed by atoms with Crippen LogP contribution in [0.25, 0.3) is 10.9 Å². The van der Waals surface area contributed by atoms with Gasteiger partial charge in [-0.25, -0.2) is 13.2 Å². The van der Waals surface area contributed by atoms with Gasteiger partial charge >= 0.3 is 0 Å². The van der Waals surface area contributed by atoms with E-state index in [1.165, 1.54) is 48.0 Å². The molecule has 0 spiro atoms. The molecule has 1 fully saturated rings. The number of rotatable bonds is 6. The molecular weight excluding hydrogens is 551 g/mol. The minimum Gasteiger partial charge on any atom is -0.350 e. The molecule has 35 heavy (non-hydrogen) atoms. The third kappa shape index (κ3) is 5.08. The van der Waals surface area contributed by atoms with Gasteiger partial charge in [-0.15, -0.1) is 0 Å². The Kier molecular flexibility index (Phi) is 7.23. The van der Waals surface area contributed by atoms with Gasteiger partial charge in [0.15, 0.2) is 5.78 Å². The number of hydrogen-bond acceptors (Lipinski definition) is 3. The lowest BCUT2D eigenvalue weighted by Gasteiger charge is -2.24. The Balaban J connectivity index is 1.54. The van der Waals surface area contributed by atoms with Gasteiger partial charge in [-0.1, -0.05) is 23.7 Å². The van der Waals surface area contributed by atoms with Gasteiger partial charge in [0, 0.05) is 35.7 Å². The third-order valence-electron chi connectivity index (χ3n) is 5.97. The van der Waals surface area contributed by atoms with Crippen LogP contribution in [0.3, 0.4) is 0 Å². The van der Waals surface area contributed by atoms with Crippen molar-refractivity contribution in [3.05, 3.63) is 68.8 Å². The second-order valence-corrected chi connectivity index (χ2v) is 9.60. The van der Waals surface area contributed by atoms with Gasteiger partial charge in [-0.2, -0.15) is 0 Å². The van der Waals surface area contributed by atoms with Crippen molar-refractivity contribution in [2.45, 2.75) is 38.6 Å². The van der Waals surface area contributed by atoms with E-state index in [1.807, 2.05) is 0 Å². The molecule has 6 nitrogen and oxygen atoms in total. The average molecular weight is 571 g/mol. The van der Waals surface area contributed by atoms with Crippen LogP contribution >= 0.6 is 27.5 Å². The number of amides is 2.